The molecular weight excluding hydrogens is 259 g/mol. The van der Waals surface area contributed by atoms with Crippen molar-refractivity contribution in [2.24, 2.45) is 5.73 Å². The van der Waals surface area contributed by atoms with E-state index in [9.17, 15) is 8.78 Å². The molecule has 2 nitrogen and oxygen atoms in total. The predicted octanol–water partition coefficient (Wildman–Crippen LogP) is 2.70. The fourth-order valence-electron chi connectivity index (χ4n) is 1.31. The van der Waals surface area contributed by atoms with Gasteiger partial charge in [-0.1, -0.05) is 17.7 Å². The second-order valence-corrected chi connectivity index (χ2v) is 3.83. The van der Waals surface area contributed by atoms with E-state index in [1.54, 1.807) is 13.0 Å². The molecule has 0 amide bonds. The molecule has 0 unspecified atom stereocenters. The van der Waals surface area contributed by atoms with Crippen molar-refractivity contribution in [3.63, 3.8) is 0 Å². The number of aliphatic hydroxyl groups is 1. The second kappa shape index (κ2) is 5.77. The van der Waals surface area contributed by atoms with Gasteiger partial charge in [-0.15, -0.1) is 12.4 Å². The van der Waals surface area contributed by atoms with E-state index in [2.05, 4.69) is 0 Å². The molecular formula is C10H13Cl2F2NO. The summed E-state index contributed by atoms with van der Waals surface area (Å²) in [7, 11) is 0. The molecule has 0 saturated carbocycles. The molecule has 0 aliphatic heterocycles. The number of alkyl halides is 2. The van der Waals surface area contributed by atoms with Gasteiger partial charge in [0.1, 0.15) is 6.61 Å². The maximum atomic E-state index is 13.1. The Kier molecular flexibility index (Phi) is 5.62. The van der Waals surface area contributed by atoms with Crippen LogP contribution in [0.25, 0.3) is 0 Å². The standard InChI is InChI=1S/C10H12ClF2NO.ClH/c1-6-4-7(11)2-3-8(6)9(14)10(12,13)5-15;/h2-4,9,15H,5,14H2,1H3;1H/t9-;/m0./s1. The van der Waals surface area contributed by atoms with E-state index in [1.165, 1.54) is 12.1 Å². The van der Waals surface area contributed by atoms with Crippen LogP contribution >= 0.6 is 24.0 Å². The fourth-order valence-corrected chi connectivity index (χ4v) is 1.54. The molecule has 1 rings (SSSR count). The molecule has 0 fully saturated rings. The zero-order chi connectivity index (χ0) is 11.6. The average Bonchev–Trinajstić information content (AvgIpc) is 2.17. The Hall–Kier alpha value is -0.420. The van der Waals surface area contributed by atoms with E-state index in [0.717, 1.165) is 0 Å². The first-order valence-corrected chi connectivity index (χ1v) is 4.76. The number of benzene rings is 1. The number of aryl methyl sites for hydroxylation is 1. The third-order valence-corrected chi connectivity index (χ3v) is 2.47. The molecule has 0 aromatic heterocycles. The second-order valence-electron chi connectivity index (χ2n) is 3.40. The molecule has 92 valence electrons. The molecule has 0 spiro atoms. The Balaban J connectivity index is 0.00000225. The highest BCUT2D eigenvalue weighted by Crippen LogP contribution is 2.31. The summed E-state index contributed by atoms with van der Waals surface area (Å²) in [4.78, 5) is 0. The Morgan fingerprint density at radius 1 is 1.50 bits per heavy atom. The summed E-state index contributed by atoms with van der Waals surface area (Å²) in [6, 6.07) is 2.99. The molecule has 0 heterocycles. The predicted molar refractivity (Wildman–Crippen MR) is 62.4 cm³/mol. The summed E-state index contributed by atoms with van der Waals surface area (Å²) in [5.74, 6) is -3.32. The van der Waals surface area contributed by atoms with Crippen LogP contribution in [0.2, 0.25) is 5.02 Å². The molecule has 1 aromatic carbocycles. The number of hydrogen-bond acceptors (Lipinski definition) is 2. The van der Waals surface area contributed by atoms with Crippen molar-refractivity contribution in [2.75, 3.05) is 6.61 Å². The van der Waals surface area contributed by atoms with Gasteiger partial charge in [-0.3, -0.25) is 0 Å². The normalized spacial score (nSPS) is 13.1. The quantitative estimate of drug-likeness (QED) is 0.888. The molecule has 0 saturated heterocycles. The van der Waals surface area contributed by atoms with E-state index in [4.69, 9.17) is 22.4 Å². The van der Waals surface area contributed by atoms with E-state index in [0.29, 0.717) is 16.1 Å². The summed E-state index contributed by atoms with van der Waals surface area (Å²) in [5.41, 5.74) is 6.26. The zero-order valence-corrected chi connectivity index (χ0v) is 10.2. The number of rotatable bonds is 3. The van der Waals surface area contributed by atoms with E-state index < -0.39 is 18.6 Å². The first-order valence-electron chi connectivity index (χ1n) is 4.39. The molecule has 0 aliphatic carbocycles. The highest BCUT2D eigenvalue weighted by molar-refractivity contribution is 6.30. The Morgan fingerprint density at radius 2 is 2.06 bits per heavy atom. The van der Waals surface area contributed by atoms with Crippen molar-refractivity contribution in [1.29, 1.82) is 0 Å². The van der Waals surface area contributed by atoms with Crippen LogP contribution < -0.4 is 5.73 Å². The number of halogens is 4. The van der Waals surface area contributed by atoms with Gasteiger partial charge in [-0.2, -0.15) is 0 Å². The third-order valence-electron chi connectivity index (χ3n) is 2.23. The number of aliphatic hydroxyl groups excluding tert-OH is 1. The zero-order valence-electron chi connectivity index (χ0n) is 8.58. The lowest BCUT2D eigenvalue weighted by molar-refractivity contribution is -0.0713. The van der Waals surface area contributed by atoms with Crippen LogP contribution in [0.5, 0.6) is 0 Å². The minimum absolute atomic E-state index is 0. The average molecular weight is 272 g/mol. The smallest absolute Gasteiger partial charge is 0.289 e. The molecule has 0 radical (unpaired) electrons. The van der Waals surface area contributed by atoms with Crippen LogP contribution in [0.4, 0.5) is 8.78 Å². The SMILES string of the molecule is Cc1cc(Cl)ccc1[C@H](N)C(F)(F)CO.Cl. The monoisotopic (exact) mass is 271 g/mol. The topological polar surface area (TPSA) is 46.2 Å². The van der Waals surface area contributed by atoms with Crippen LogP contribution in [-0.2, 0) is 0 Å². The summed E-state index contributed by atoms with van der Waals surface area (Å²) < 4.78 is 26.2. The molecule has 16 heavy (non-hydrogen) atoms. The van der Waals surface area contributed by atoms with Crippen molar-refractivity contribution in [3.05, 3.63) is 34.3 Å². The highest BCUT2D eigenvalue weighted by atomic mass is 35.5. The van der Waals surface area contributed by atoms with Gasteiger partial charge in [-0.05, 0) is 30.2 Å². The van der Waals surface area contributed by atoms with Crippen LogP contribution in [-0.4, -0.2) is 17.6 Å². The lowest BCUT2D eigenvalue weighted by Crippen LogP contribution is -2.36. The molecule has 0 bridgehead atoms. The van der Waals surface area contributed by atoms with Crippen LogP contribution in [0.3, 0.4) is 0 Å². The van der Waals surface area contributed by atoms with Crippen molar-refractivity contribution in [1.82, 2.24) is 0 Å². The fraction of sp³-hybridized carbons (Fsp3) is 0.400. The molecule has 6 heteroatoms. The summed E-state index contributed by atoms with van der Waals surface area (Å²) >= 11 is 5.69. The number of hydrogen-bond donors (Lipinski definition) is 2. The lowest BCUT2D eigenvalue weighted by atomic mass is 9.97. The maximum absolute atomic E-state index is 13.1. The van der Waals surface area contributed by atoms with Gasteiger partial charge in [-0.25, -0.2) is 8.78 Å². The van der Waals surface area contributed by atoms with Crippen molar-refractivity contribution < 1.29 is 13.9 Å². The summed E-state index contributed by atoms with van der Waals surface area (Å²) in [6.07, 6.45) is 0. The van der Waals surface area contributed by atoms with Gasteiger partial charge in [0.15, 0.2) is 0 Å². The summed E-state index contributed by atoms with van der Waals surface area (Å²) in [5, 5.41) is 8.98. The van der Waals surface area contributed by atoms with Gasteiger partial charge in [0.05, 0.1) is 6.04 Å². The van der Waals surface area contributed by atoms with Crippen LogP contribution in [0.15, 0.2) is 18.2 Å². The minimum Gasteiger partial charge on any atom is -0.390 e. The maximum Gasteiger partial charge on any atom is 0.289 e. The largest absolute Gasteiger partial charge is 0.390 e. The highest BCUT2D eigenvalue weighted by Gasteiger charge is 2.37. The third kappa shape index (κ3) is 3.28. The Bertz CT molecular complexity index is 361. The molecule has 0 aliphatic rings. The van der Waals surface area contributed by atoms with Crippen molar-refractivity contribution in [3.8, 4) is 0 Å². The van der Waals surface area contributed by atoms with E-state index >= 15 is 0 Å². The van der Waals surface area contributed by atoms with Crippen molar-refractivity contribution >= 4 is 24.0 Å². The van der Waals surface area contributed by atoms with Gasteiger partial charge in [0.2, 0.25) is 0 Å². The van der Waals surface area contributed by atoms with Gasteiger partial charge >= 0.3 is 0 Å². The number of nitrogens with two attached hydrogens (primary N) is 1. The van der Waals surface area contributed by atoms with Gasteiger partial charge < -0.3 is 10.8 Å². The van der Waals surface area contributed by atoms with Crippen LogP contribution in [0, 0.1) is 6.92 Å². The molecule has 3 N–H and O–H groups in total. The Morgan fingerprint density at radius 3 is 2.50 bits per heavy atom. The van der Waals surface area contributed by atoms with E-state index in [-0.39, 0.29) is 12.4 Å². The molecule has 1 aromatic rings. The Labute approximate surface area is 104 Å². The van der Waals surface area contributed by atoms with Crippen molar-refractivity contribution in [2.45, 2.75) is 18.9 Å². The van der Waals surface area contributed by atoms with Gasteiger partial charge in [0, 0.05) is 5.02 Å². The first-order chi connectivity index (χ1) is 6.88. The summed E-state index contributed by atoms with van der Waals surface area (Å²) in [6.45, 7) is 0.380. The van der Waals surface area contributed by atoms with Gasteiger partial charge in [0.25, 0.3) is 5.92 Å². The lowest BCUT2D eigenvalue weighted by Gasteiger charge is -2.23. The van der Waals surface area contributed by atoms with Crippen LogP contribution in [0.1, 0.15) is 17.2 Å². The first kappa shape index (κ1) is 15.6. The molecule has 1 atom stereocenters. The van der Waals surface area contributed by atoms with E-state index in [1.807, 2.05) is 0 Å². The minimum atomic E-state index is -3.32.